The van der Waals surface area contributed by atoms with Crippen LogP contribution in [0.5, 0.6) is 0 Å². The van der Waals surface area contributed by atoms with Crippen LogP contribution in [0, 0.1) is 6.92 Å². The lowest BCUT2D eigenvalue weighted by molar-refractivity contribution is 0.185. The molecule has 0 amide bonds. The van der Waals surface area contributed by atoms with Crippen molar-refractivity contribution in [2.24, 2.45) is 5.73 Å². The molecule has 1 rings (SSSR count). The van der Waals surface area contributed by atoms with E-state index in [0.717, 1.165) is 4.47 Å². The predicted octanol–water partition coefficient (Wildman–Crippen LogP) is 3.83. The molecule has 0 saturated carbocycles. The van der Waals surface area contributed by atoms with Crippen LogP contribution in [0.25, 0.3) is 0 Å². The van der Waals surface area contributed by atoms with Gasteiger partial charge >= 0.3 is 0 Å². The minimum atomic E-state index is 0.270. The van der Waals surface area contributed by atoms with E-state index >= 15 is 0 Å². The Balaban J connectivity index is 2.86. The number of likely N-dealkylation sites (N-methyl/N-ethyl adjacent to an activating group) is 1. The highest BCUT2D eigenvalue weighted by atomic mass is 79.9. The molecule has 2 nitrogen and oxygen atoms in total. The molecule has 0 saturated heterocycles. The van der Waals surface area contributed by atoms with E-state index in [0.29, 0.717) is 12.6 Å². The van der Waals surface area contributed by atoms with Crippen LogP contribution in [0.2, 0.25) is 0 Å². The van der Waals surface area contributed by atoms with Gasteiger partial charge in [-0.3, -0.25) is 4.90 Å². The highest BCUT2D eigenvalue weighted by Crippen LogP contribution is 2.29. The minimum absolute atomic E-state index is 0.270. The lowest BCUT2D eigenvalue weighted by Gasteiger charge is -2.33. The average molecular weight is 345 g/mol. The van der Waals surface area contributed by atoms with Crippen molar-refractivity contribution in [3.8, 4) is 0 Å². The van der Waals surface area contributed by atoms with Crippen LogP contribution in [0.3, 0.4) is 0 Å². The highest BCUT2D eigenvalue weighted by molar-refractivity contribution is 9.10. The van der Waals surface area contributed by atoms with Crippen LogP contribution in [0.4, 0.5) is 0 Å². The fraction of sp³-hybridized carbons (Fsp3) is 0.600. The lowest BCUT2D eigenvalue weighted by Crippen LogP contribution is -2.37. The van der Waals surface area contributed by atoms with Crippen molar-refractivity contribution in [2.75, 3.05) is 25.6 Å². The summed E-state index contributed by atoms with van der Waals surface area (Å²) in [5.41, 5.74) is 8.56. The first kappa shape index (κ1) is 17.0. The van der Waals surface area contributed by atoms with Crippen LogP contribution >= 0.6 is 27.7 Å². The van der Waals surface area contributed by atoms with Gasteiger partial charge in [-0.2, -0.15) is 11.8 Å². The zero-order valence-corrected chi connectivity index (χ0v) is 14.7. The van der Waals surface area contributed by atoms with Crippen molar-refractivity contribution in [3.05, 3.63) is 33.8 Å². The Hall–Kier alpha value is -0.0300. The molecule has 0 aromatic heterocycles. The maximum Gasteiger partial charge on any atom is 0.0481 e. The topological polar surface area (TPSA) is 29.3 Å². The second-order valence-corrected chi connectivity index (χ2v) is 6.91. The van der Waals surface area contributed by atoms with Gasteiger partial charge in [0.2, 0.25) is 0 Å². The maximum atomic E-state index is 6.01. The summed E-state index contributed by atoms with van der Waals surface area (Å²) in [6, 6.07) is 7.32. The third-order valence-electron chi connectivity index (χ3n) is 3.66. The lowest BCUT2D eigenvalue weighted by atomic mass is 10.0. The van der Waals surface area contributed by atoms with Crippen LogP contribution in [0.1, 0.15) is 30.5 Å². The molecular weight excluding hydrogens is 320 g/mol. The molecule has 4 heteroatoms. The molecule has 1 aromatic rings. The molecule has 0 bridgehead atoms. The van der Waals surface area contributed by atoms with Crippen LogP contribution < -0.4 is 5.73 Å². The molecule has 0 heterocycles. The summed E-state index contributed by atoms with van der Waals surface area (Å²) in [6.45, 7) is 5.03. The van der Waals surface area contributed by atoms with E-state index in [9.17, 15) is 0 Å². The summed E-state index contributed by atoms with van der Waals surface area (Å²) < 4.78 is 1.16. The molecule has 108 valence electrons. The van der Waals surface area contributed by atoms with Gasteiger partial charge in [0.05, 0.1) is 0 Å². The van der Waals surface area contributed by atoms with Crippen LogP contribution in [-0.2, 0) is 0 Å². The molecule has 0 aliphatic carbocycles. The molecule has 0 radical (unpaired) electrons. The predicted molar refractivity (Wildman–Crippen MR) is 90.9 cm³/mol. The number of nitrogens with two attached hydrogens (primary N) is 1. The molecule has 0 aliphatic heterocycles. The Morgan fingerprint density at radius 3 is 2.63 bits per heavy atom. The summed E-state index contributed by atoms with van der Waals surface area (Å²) in [5.74, 6) is 1.19. The van der Waals surface area contributed by atoms with Crippen molar-refractivity contribution in [1.82, 2.24) is 4.90 Å². The molecule has 2 N–H and O–H groups in total. The zero-order valence-electron chi connectivity index (χ0n) is 12.3. The van der Waals surface area contributed by atoms with Crippen molar-refractivity contribution in [2.45, 2.75) is 32.4 Å². The van der Waals surface area contributed by atoms with E-state index < -0.39 is 0 Å². The monoisotopic (exact) mass is 344 g/mol. The van der Waals surface area contributed by atoms with Gasteiger partial charge in [0.25, 0.3) is 0 Å². The zero-order chi connectivity index (χ0) is 14.4. The smallest absolute Gasteiger partial charge is 0.0481 e. The van der Waals surface area contributed by atoms with E-state index in [1.165, 1.54) is 23.3 Å². The molecule has 0 spiro atoms. The number of halogens is 1. The van der Waals surface area contributed by atoms with Gasteiger partial charge in [-0.1, -0.05) is 28.1 Å². The number of hydrogen-bond donors (Lipinski definition) is 1. The summed E-state index contributed by atoms with van der Waals surface area (Å²) in [5, 5.41) is 0. The first-order chi connectivity index (χ1) is 9.01. The SMILES string of the molecule is CSCCC(C)N(C)C(CN)c1ccc(C)cc1Br. The number of benzene rings is 1. The van der Waals surface area contributed by atoms with Crippen LogP contribution in [-0.4, -0.2) is 36.5 Å². The molecule has 2 atom stereocenters. The van der Waals surface area contributed by atoms with Gasteiger partial charge < -0.3 is 5.73 Å². The van der Waals surface area contributed by atoms with Crippen molar-refractivity contribution in [3.63, 3.8) is 0 Å². The Kier molecular flexibility index (Phi) is 7.44. The molecule has 0 fully saturated rings. The largest absolute Gasteiger partial charge is 0.329 e. The Bertz CT molecular complexity index is 398. The van der Waals surface area contributed by atoms with E-state index in [4.69, 9.17) is 5.73 Å². The summed E-state index contributed by atoms with van der Waals surface area (Å²) >= 11 is 5.57. The summed E-state index contributed by atoms with van der Waals surface area (Å²) in [4.78, 5) is 2.39. The minimum Gasteiger partial charge on any atom is -0.329 e. The van der Waals surface area contributed by atoms with Gasteiger partial charge in [0.15, 0.2) is 0 Å². The van der Waals surface area contributed by atoms with E-state index in [1.807, 2.05) is 11.8 Å². The molecule has 19 heavy (non-hydrogen) atoms. The van der Waals surface area contributed by atoms with Gasteiger partial charge in [-0.25, -0.2) is 0 Å². The average Bonchev–Trinajstić information content (AvgIpc) is 2.38. The highest BCUT2D eigenvalue weighted by Gasteiger charge is 2.21. The standard InChI is InChI=1S/C15H25BrN2S/c1-11-5-6-13(14(16)9-11)15(10-17)18(3)12(2)7-8-19-4/h5-6,9,12,15H,7-8,10,17H2,1-4H3. The second kappa shape index (κ2) is 8.30. The van der Waals surface area contributed by atoms with Crippen molar-refractivity contribution < 1.29 is 0 Å². The van der Waals surface area contributed by atoms with Crippen LogP contribution in [0.15, 0.2) is 22.7 Å². The number of thioether (sulfide) groups is 1. The molecule has 2 unspecified atom stereocenters. The second-order valence-electron chi connectivity index (χ2n) is 5.07. The van der Waals surface area contributed by atoms with Gasteiger partial charge in [0, 0.05) is 23.1 Å². The first-order valence-corrected chi connectivity index (χ1v) is 8.87. The molecular formula is C15H25BrN2S. The normalized spacial score (nSPS) is 14.7. The van der Waals surface area contributed by atoms with Gasteiger partial charge in [0.1, 0.15) is 0 Å². The van der Waals surface area contributed by atoms with E-state index in [-0.39, 0.29) is 6.04 Å². The Labute approximate surface area is 130 Å². The summed E-state index contributed by atoms with van der Waals surface area (Å²) in [6.07, 6.45) is 3.35. The Morgan fingerprint density at radius 2 is 2.11 bits per heavy atom. The number of aryl methyl sites for hydroxylation is 1. The fourth-order valence-corrected chi connectivity index (χ4v) is 3.55. The maximum absolute atomic E-state index is 6.01. The number of rotatable bonds is 7. The Morgan fingerprint density at radius 1 is 1.42 bits per heavy atom. The molecule has 0 aliphatic rings. The van der Waals surface area contributed by atoms with E-state index in [1.54, 1.807) is 0 Å². The quantitative estimate of drug-likeness (QED) is 0.814. The van der Waals surface area contributed by atoms with Gasteiger partial charge in [-0.15, -0.1) is 0 Å². The van der Waals surface area contributed by atoms with Crippen molar-refractivity contribution >= 4 is 27.7 Å². The third kappa shape index (κ3) is 4.78. The fourth-order valence-electron chi connectivity index (χ4n) is 2.21. The summed E-state index contributed by atoms with van der Waals surface area (Å²) in [7, 11) is 2.18. The van der Waals surface area contributed by atoms with E-state index in [2.05, 4.69) is 66.2 Å². The number of hydrogen-bond acceptors (Lipinski definition) is 3. The van der Waals surface area contributed by atoms with Gasteiger partial charge in [-0.05, 0) is 56.5 Å². The molecule has 1 aromatic carbocycles. The number of nitrogens with zero attached hydrogens (tertiary/aromatic N) is 1. The van der Waals surface area contributed by atoms with Crippen molar-refractivity contribution in [1.29, 1.82) is 0 Å². The first-order valence-electron chi connectivity index (χ1n) is 6.68. The third-order valence-corrected chi connectivity index (χ3v) is 5.00.